The molecule has 236 valence electrons. The van der Waals surface area contributed by atoms with Crippen LogP contribution in [0.5, 0.6) is 0 Å². The van der Waals surface area contributed by atoms with Crippen molar-refractivity contribution in [1.29, 1.82) is 0 Å². The normalized spacial score (nSPS) is 14.1. The van der Waals surface area contributed by atoms with Crippen molar-refractivity contribution in [1.82, 2.24) is 10.2 Å². The van der Waals surface area contributed by atoms with Crippen LogP contribution in [0, 0.1) is 18.6 Å². The molecule has 0 aliphatic heterocycles. The first-order chi connectivity index (χ1) is 21.1. The molecular formula is C35H44F2N4O3. The summed E-state index contributed by atoms with van der Waals surface area (Å²) in [5, 5.41) is 6.82. The fraction of sp³-hybridized carbons (Fsp3) is 0.429. The van der Waals surface area contributed by atoms with Gasteiger partial charge >= 0.3 is 5.97 Å². The van der Waals surface area contributed by atoms with E-state index in [0.717, 1.165) is 35.7 Å². The fourth-order valence-electron chi connectivity index (χ4n) is 5.27. The average Bonchev–Trinajstić information content (AvgIpc) is 3.79. The van der Waals surface area contributed by atoms with E-state index in [0.29, 0.717) is 36.8 Å². The molecule has 1 aliphatic rings. The average molecular weight is 607 g/mol. The van der Waals surface area contributed by atoms with Crippen LogP contribution < -0.4 is 16.4 Å². The number of hydrogen-bond donors (Lipinski definition) is 3. The van der Waals surface area contributed by atoms with Crippen LogP contribution >= 0.6 is 0 Å². The van der Waals surface area contributed by atoms with Gasteiger partial charge < -0.3 is 26.0 Å². The second kappa shape index (κ2) is 15.8. The van der Waals surface area contributed by atoms with Crippen LogP contribution in [0.4, 0.5) is 14.5 Å². The van der Waals surface area contributed by atoms with E-state index < -0.39 is 29.7 Å². The van der Waals surface area contributed by atoms with Crippen LogP contribution in [-0.4, -0.2) is 54.6 Å². The predicted molar refractivity (Wildman–Crippen MR) is 170 cm³/mol. The van der Waals surface area contributed by atoms with Crippen molar-refractivity contribution in [3.63, 3.8) is 0 Å². The summed E-state index contributed by atoms with van der Waals surface area (Å²) < 4.78 is 33.7. The zero-order valence-electron chi connectivity index (χ0n) is 25.9. The topological polar surface area (TPSA) is 96.7 Å². The van der Waals surface area contributed by atoms with Gasteiger partial charge in [0.05, 0.1) is 5.56 Å². The van der Waals surface area contributed by atoms with Crippen LogP contribution in [0.1, 0.15) is 76.9 Å². The second-order valence-corrected chi connectivity index (χ2v) is 11.7. The van der Waals surface area contributed by atoms with Crippen LogP contribution in [0.2, 0.25) is 0 Å². The second-order valence-electron chi connectivity index (χ2n) is 11.7. The number of ether oxygens (including phenoxy) is 1. The van der Waals surface area contributed by atoms with Gasteiger partial charge in [-0.25, -0.2) is 13.6 Å². The molecule has 9 heteroatoms. The zero-order valence-corrected chi connectivity index (χ0v) is 25.9. The Kier molecular flexibility index (Phi) is 11.9. The van der Waals surface area contributed by atoms with Gasteiger partial charge in [0.15, 0.2) is 0 Å². The largest absolute Gasteiger partial charge is 0.456 e. The molecular weight excluding hydrogens is 562 g/mol. The van der Waals surface area contributed by atoms with Gasteiger partial charge in [0.25, 0.3) is 5.91 Å². The number of carbonyl (C=O) groups excluding carboxylic acids is 2. The van der Waals surface area contributed by atoms with Crippen molar-refractivity contribution < 1.29 is 23.1 Å². The van der Waals surface area contributed by atoms with Crippen molar-refractivity contribution in [3.8, 4) is 0 Å². The number of benzene rings is 3. The van der Waals surface area contributed by atoms with E-state index >= 15 is 0 Å². The molecule has 0 heterocycles. The number of nitrogens with one attached hydrogen (secondary N) is 2. The third kappa shape index (κ3) is 9.86. The van der Waals surface area contributed by atoms with Gasteiger partial charge in [-0.15, -0.1) is 0 Å². The molecule has 2 unspecified atom stereocenters. The first-order valence-corrected chi connectivity index (χ1v) is 15.5. The quantitative estimate of drug-likeness (QED) is 0.173. The van der Waals surface area contributed by atoms with Gasteiger partial charge in [0.2, 0.25) is 0 Å². The molecule has 0 bridgehead atoms. The maximum Gasteiger partial charge on any atom is 0.338 e. The molecule has 0 spiro atoms. The Balaban J connectivity index is 1.50. The highest BCUT2D eigenvalue weighted by Gasteiger charge is 2.25. The van der Waals surface area contributed by atoms with Crippen molar-refractivity contribution in [3.05, 3.63) is 100 Å². The lowest BCUT2D eigenvalue weighted by molar-refractivity contribution is 0.0238. The molecule has 44 heavy (non-hydrogen) atoms. The molecule has 1 saturated carbocycles. The highest BCUT2D eigenvalue weighted by molar-refractivity contribution is 5.98. The van der Waals surface area contributed by atoms with Crippen LogP contribution in [0.25, 0.3) is 0 Å². The third-order valence-corrected chi connectivity index (χ3v) is 7.51. The molecule has 1 fully saturated rings. The van der Waals surface area contributed by atoms with E-state index in [1.54, 1.807) is 23.1 Å². The van der Waals surface area contributed by atoms with Crippen molar-refractivity contribution >= 4 is 17.6 Å². The van der Waals surface area contributed by atoms with E-state index in [2.05, 4.69) is 16.7 Å². The number of rotatable bonds is 16. The maximum atomic E-state index is 13.9. The van der Waals surface area contributed by atoms with Gasteiger partial charge in [0.1, 0.15) is 17.7 Å². The summed E-state index contributed by atoms with van der Waals surface area (Å²) in [6.07, 6.45) is 3.28. The summed E-state index contributed by atoms with van der Waals surface area (Å²) >= 11 is 0. The number of carbonyl (C=O) groups is 2. The van der Waals surface area contributed by atoms with Gasteiger partial charge in [-0.2, -0.15) is 0 Å². The molecule has 3 aromatic carbocycles. The van der Waals surface area contributed by atoms with E-state index in [1.165, 1.54) is 25.0 Å². The molecule has 0 radical (unpaired) electrons. The first-order valence-electron chi connectivity index (χ1n) is 15.5. The third-order valence-electron chi connectivity index (χ3n) is 7.51. The lowest BCUT2D eigenvalue weighted by Crippen LogP contribution is -2.46. The number of nitrogens with zero attached hydrogens (tertiary/aromatic N) is 1. The number of esters is 1. The minimum absolute atomic E-state index is 0.0929. The van der Waals surface area contributed by atoms with Crippen molar-refractivity contribution in [2.75, 3.05) is 25.0 Å². The predicted octanol–water partition coefficient (Wildman–Crippen LogP) is 5.99. The Hall–Kier alpha value is -3.82. The Morgan fingerprint density at radius 1 is 0.955 bits per heavy atom. The zero-order chi connectivity index (χ0) is 31.6. The van der Waals surface area contributed by atoms with Crippen LogP contribution in [0.3, 0.4) is 0 Å². The lowest BCUT2D eigenvalue weighted by Gasteiger charge is -2.25. The van der Waals surface area contributed by atoms with E-state index in [4.69, 9.17) is 10.5 Å². The Morgan fingerprint density at radius 3 is 2.30 bits per heavy atom. The summed E-state index contributed by atoms with van der Waals surface area (Å²) in [6, 6.07) is 16.2. The Bertz CT molecular complexity index is 1400. The summed E-state index contributed by atoms with van der Waals surface area (Å²) in [5.41, 5.74) is 10.4. The van der Waals surface area contributed by atoms with Crippen molar-refractivity contribution in [2.45, 2.75) is 77.6 Å². The van der Waals surface area contributed by atoms with Crippen LogP contribution in [0.15, 0.2) is 60.7 Å². The number of nitrogens with two attached hydrogens (primary N) is 1. The first kappa shape index (κ1) is 33.1. The molecule has 1 amide bonds. The molecule has 4 N–H and O–H groups in total. The summed E-state index contributed by atoms with van der Waals surface area (Å²) in [5.74, 6) is -2.15. The Labute approximate surface area is 259 Å². The maximum absolute atomic E-state index is 13.9. The van der Waals surface area contributed by atoms with E-state index in [-0.39, 0.29) is 24.4 Å². The highest BCUT2D eigenvalue weighted by atomic mass is 19.1. The molecule has 0 saturated heterocycles. The van der Waals surface area contributed by atoms with Gasteiger partial charge in [-0.1, -0.05) is 26.0 Å². The SMILES string of the molecule is CCCN(CCC)C(=O)c1cc(C)cc(C(=O)OC(CNCc2cccc(NC3CC3)c2)C(N)Cc2cc(F)cc(F)c2)c1. The summed E-state index contributed by atoms with van der Waals surface area (Å²) in [7, 11) is 0. The van der Waals surface area contributed by atoms with Gasteiger partial charge in [0, 0.05) is 55.6 Å². The number of aryl methyl sites for hydroxylation is 1. The summed E-state index contributed by atoms with van der Waals surface area (Å²) in [6.45, 7) is 7.84. The van der Waals surface area contributed by atoms with Gasteiger partial charge in [-0.3, -0.25) is 4.79 Å². The molecule has 2 atom stereocenters. The molecule has 3 aromatic rings. The minimum atomic E-state index is -0.821. The standard InChI is InChI=1S/C35H44F2N4O3/c1-4-11-41(12-5-2)34(42)26-13-23(3)14-27(19-26)35(43)44-33(32(38)18-25-15-28(36)20-29(37)16-25)22-39-21-24-7-6-8-31(17-24)40-30-9-10-30/h6-8,13-17,19-20,30,32-33,39-40H,4-5,9-12,18,21-22,38H2,1-3H3. The molecule has 1 aliphatic carbocycles. The number of halogens is 2. The van der Waals surface area contributed by atoms with Crippen molar-refractivity contribution in [2.24, 2.45) is 5.73 Å². The molecule has 4 rings (SSSR count). The fourth-order valence-corrected chi connectivity index (χ4v) is 5.27. The molecule has 7 nitrogen and oxygen atoms in total. The van der Waals surface area contributed by atoms with Gasteiger partial charge in [-0.05, 0) is 98.2 Å². The monoisotopic (exact) mass is 606 g/mol. The minimum Gasteiger partial charge on any atom is -0.456 e. The smallest absolute Gasteiger partial charge is 0.338 e. The number of anilines is 1. The van der Waals surface area contributed by atoms with E-state index in [9.17, 15) is 18.4 Å². The van der Waals surface area contributed by atoms with E-state index in [1.807, 2.05) is 39.0 Å². The number of amides is 1. The number of hydrogen-bond acceptors (Lipinski definition) is 6. The van der Waals surface area contributed by atoms with Crippen LogP contribution in [-0.2, 0) is 17.7 Å². The highest BCUT2D eigenvalue weighted by Crippen LogP contribution is 2.25. The lowest BCUT2D eigenvalue weighted by atomic mass is 10.0. The molecule has 0 aromatic heterocycles. The Morgan fingerprint density at radius 2 is 1.64 bits per heavy atom. The summed E-state index contributed by atoms with van der Waals surface area (Å²) in [4.78, 5) is 28.6.